The number of benzene rings is 4. The van der Waals surface area contributed by atoms with Crippen LogP contribution in [-0.2, 0) is 28.4 Å². The molecule has 0 spiro atoms. The Bertz CT molecular complexity index is 1610. The van der Waals surface area contributed by atoms with E-state index in [2.05, 4.69) is 0 Å². The molecule has 0 saturated carbocycles. The molecule has 0 radical (unpaired) electrons. The zero-order chi connectivity index (χ0) is 38.6. The van der Waals surface area contributed by atoms with Gasteiger partial charge in [-0.2, -0.15) is 0 Å². The lowest BCUT2D eigenvalue weighted by Gasteiger charge is -2.14. The van der Waals surface area contributed by atoms with Crippen LogP contribution in [0.25, 0.3) is 11.1 Å². The number of ether oxygens (including phenoxy) is 12. The molecule has 0 N–H and O–H groups in total. The van der Waals surface area contributed by atoms with Crippen molar-refractivity contribution in [1.29, 1.82) is 0 Å². The van der Waals surface area contributed by atoms with Crippen molar-refractivity contribution >= 4 is 11.9 Å². The van der Waals surface area contributed by atoms with Gasteiger partial charge in [-0.05, 0) is 59.7 Å². The van der Waals surface area contributed by atoms with Gasteiger partial charge in [0, 0.05) is 12.1 Å². The summed E-state index contributed by atoms with van der Waals surface area (Å²) in [6.45, 7) is 6.21. The number of carbonyl (C=O) groups excluding carboxylic acids is 2. The minimum atomic E-state index is -0.571. The average molecular weight is 775 g/mol. The molecule has 0 amide bonds. The van der Waals surface area contributed by atoms with Crippen LogP contribution in [0, 0.1) is 0 Å². The van der Waals surface area contributed by atoms with Crippen molar-refractivity contribution in [3.05, 3.63) is 96.1 Å². The summed E-state index contributed by atoms with van der Waals surface area (Å²) < 4.78 is 67.7. The Kier molecular flexibility index (Phi) is 16.1. The summed E-state index contributed by atoms with van der Waals surface area (Å²) in [5.41, 5.74) is 2.26. The van der Waals surface area contributed by atoms with Crippen LogP contribution in [0.5, 0.6) is 34.5 Å². The summed E-state index contributed by atoms with van der Waals surface area (Å²) in [6, 6.07) is 24.0. The second-order valence-corrected chi connectivity index (χ2v) is 12.3. The first-order valence-electron chi connectivity index (χ1n) is 18.5. The van der Waals surface area contributed by atoms with Crippen LogP contribution in [0.2, 0.25) is 0 Å². The van der Waals surface area contributed by atoms with Gasteiger partial charge in [-0.1, -0.05) is 24.3 Å². The third-order valence-electron chi connectivity index (χ3n) is 8.17. The van der Waals surface area contributed by atoms with Crippen LogP contribution in [0.1, 0.15) is 20.7 Å². The highest BCUT2D eigenvalue weighted by Crippen LogP contribution is 2.29. The Morgan fingerprint density at radius 3 is 0.857 bits per heavy atom. The van der Waals surface area contributed by atoms with Gasteiger partial charge >= 0.3 is 11.9 Å². The Hall–Kier alpha value is -5.22. The van der Waals surface area contributed by atoms with Crippen molar-refractivity contribution in [1.82, 2.24) is 0 Å². The lowest BCUT2D eigenvalue weighted by atomic mass is 10.1. The van der Waals surface area contributed by atoms with Gasteiger partial charge in [-0.25, -0.2) is 9.59 Å². The first-order valence-corrected chi connectivity index (χ1v) is 18.5. The van der Waals surface area contributed by atoms with Crippen LogP contribution in [0.3, 0.4) is 0 Å². The van der Waals surface area contributed by atoms with Crippen LogP contribution >= 0.6 is 0 Å². The molecule has 0 fully saturated rings. The average Bonchev–Trinajstić information content (AvgIpc) is 3.21. The van der Waals surface area contributed by atoms with E-state index in [-0.39, 0.29) is 37.6 Å². The van der Waals surface area contributed by atoms with Gasteiger partial charge in [-0.15, -0.1) is 0 Å². The molecule has 0 aliphatic carbocycles. The van der Waals surface area contributed by atoms with E-state index in [9.17, 15) is 9.59 Å². The molecular weight excluding hydrogens is 728 g/mol. The maximum absolute atomic E-state index is 13.2. The maximum Gasteiger partial charge on any atom is 0.343 e. The Labute approximate surface area is 325 Å². The molecule has 4 aromatic carbocycles. The minimum Gasteiger partial charge on any atom is -0.491 e. The molecule has 2 aliphatic heterocycles. The van der Waals surface area contributed by atoms with E-state index in [0.717, 1.165) is 11.1 Å². The van der Waals surface area contributed by atoms with Gasteiger partial charge in [-0.3, -0.25) is 0 Å². The zero-order valence-electron chi connectivity index (χ0n) is 31.1. The predicted octanol–water partition coefficient (Wildman–Crippen LogP) is 5.43. The highest BCUT2D eigenvalue weighted by molar-refractivity contribution is 5.93. The number of hydrogen-bond donors (Lipinski definition) is 0. The van der Waals surface area contributed by atoms with E-state index in [0.29, 0.717) is 114 Å². The highest BCUT2D eigenvalue weighted by atomic mass is 16.6. The lowest BCUT2D eigenvalue weighted by molar-refractivity contribution is 0.00432. The SMILES string of the molecule is O=C(Oc1ccc(-c2ccc(OC(=O)c3cc4cc(c3)OCCOCCOCCOCCO4)cc2)cc1)c1cc2cc(c1)OCCOCCOCCOCCO2. The number of hydrogen-bond acceptors (Lipinski definition) is 14. The molecule has 2 heterocycles. The van der Waals surface area contributed by atoms with Crippen molar-refractivity contribution in [3.8, 4) is 45.6 Å². The Morgan fingerprint density at radius 2 is 0.589 bits per heavy atom. The molecule has 0 aromatic heterocycles. The van der Waals surface area contributed by atoms with Crippen LogP contribution in [0.4, 0.5) is 0 Å². The topological polar surface area (TPSA) is 145 Å². The fourth-order valence-electron chi connectivity index (χ4n) is 5.43. The third kappa shape index (κ3) is 13.5. The molecule has 14 heteroatoms. The number of carbonyl (C=O) groups is 2. The third-order valence-corrected chi connectivity index (χ3v) is 8.17. The van der Waals surface area contributed by atoms with Crippen LogP contribution in [-0.4, -0.2) is 118 Å². The van der Waals surface area contributed by atoms with Crippen LogP contribution in [0.15, 0.2) is 84.9 Å². The summed E-state index contributed by atoms with van der Waals surface area (Å²) in [5, 5.41) is 0. The fourth-order valence-corrected chi connectivity index (χ4v) is 5.43. The van der Waals surface area contributed by atoms with Crippen molar-refractivity contribution in [3.63, 3.8) is 0 Å². The summed E-state index contributed by atoms with van der Waals surface area (Å²) in [4.78, 5) is 26.5. The molecule has 0 saturated heterocycles. The summed E-state index contributed by atoms with van der Waals surface area (Å²) in [6.07, 6.45) is 0. The molecule has 4 aromatic rings. The van der Waals surface area contributed by atoms with Gasteiger partial charge in [0.05, 0.1) is 90.4 Å². The number of esters is 2. The van der Waals surface area contributed by atoms with E-state index in [4.69, 9.17) is 56.8 Å². The van der Waals surface area contributed by atoms with Gasteiger partial charge in [0.15, 0.2) is 0 Å². The monoisotopic (exact) mass is 774 g/mol. The first kappa shape index (κ1) is 40.4. The van der Waals surface area contributed by atoms with Gasteiger partial charge in [0.25, 0.3) is 0 Å². The first-order chi connectivity index (χ1) is 27.6. The Morgan fingerprint density at radius 1 is 0.339 bits per heavy atom. The maximum atomic E-state index is 13.2. The van der Waals surface area contributed by atoms with E-state index < -0.39 is 11.9 Å². The van der Waals surface area contributed by atoms with Gasteiger partial charge in [0.1, 0.15) is 60.9 Å². The lowest BCUT2D eigenvalue weighted by Crippen LogP contribution is -2.15. The molecule has 2 aliphatic rings. The molecule has 14 nitrogen and oxygen atoms in total. The van der Waals surface area contributed by atoms with Crippen molar-refractivity contribution in [2.45, 2.75) is 0 Å². The smallest absolute Gasteiger partial charge is 0.343 e. The van der Waals surface area contributed by atoms with Gasteiger partial charge < -0.3 is 56.8 Å². The number of fused-ring (bicyclic) bond motifs is 4. The Balaban J connectivity index is 1.05. The van der Waals surface area contributed by atoms with Gasteiger partial charge in [0.2, 0.25) is 0 Å². The molecule has 6 rings (SSSR count). The van der Waals surface area contributed by atoms with E-state index in [1.165, 1.54) is 0 Å². The van der Waals surface area contributed by atoms with E-state index >= 15 is 0 Å². The molecule has 0 unspecified atom stereocenters. The quantitative estimate of drug-likeness (QED) is 0.188. The summed E-state index contributed by atoms with van der Waals surface area (Å²) in [5.74, 6) is 1.36. The normalized spacial score (nSPS) is 16.8. The van der Waals surface area contributed by atoms with E-state index in [1.807, 2.05) is 24.3 Å². The largest absolute Gasteiger partial charge is 0.491 e. The number of rotatable bonds is 5. The van der Waals surface area contributed by atoms with E-state index in [1.54, 1.807) is 60.7 Å². The molecular formula is C42H46O14. The standard InChI is InChI=1S/C42H46O14/c43-41(33-25-37-29-38(26-33)52-22-18-48-14-10-45-9-13-47-17-21-51-37)55-35-5-1-31(2-6-35)32-3-7-36(8-4-32)56-42(44)34-27-39-30-40(28-34)54-24-20-50-16-12-46-11-15-49-19-23-53-39/h1-8,25-30H,9-24H2. The molecule has 4 bridgehead atoms. The second-order valence-electron chi connectivity index (χ2n) is 12.3. The highest BCUT2D eigenvalue weighted by Gasteiger charge is 2.16. The summed E-state index contributed by atoms with van der Waals surface area (Å²) in [7, 11) is 0. The minimum absolute atomic E-state index is 0.266. The second kappa shape index (κ2) is 22.4. The predicted molar refractivity (Wildman–Crippen MR) is 202 cm³/mol. The van der Waals surface area contributed by atoms with Crippen molar-refractivity contribution in [2.75, 3.05) is 106 Å². The molecule has 298 valence electrons. The zero-order valence-corrected chi connectivity index (χ0v) is 31.1. The molecule has 56 heavy (non-hydrogen) atoms. The summed E-state index contributed by atoms with van der Waals surface area (Å²) >= 11 is 0. The van der Waals surface area contributed by atoms with Crippen molar-refractivity contribution in [2.24, 2.45) is 0 Å². The van der Waals surface area contributed by atoms with Crippen molar-refractivity contribution < 1.29 is 66.4 Å². The van der Waals surface area contributed by atoms with Crippen LogP contribution < -0.4 is 28.4 Å². The molecule has 0 atom stereocenters. The fraction of sp³-hybridized carbons (Fsp3) is 0.381.